The lowest BCUT2D eigenvalue weighted by Gasteiger charge is -2.38. The maximum Gasteiger partial charge on any atom is -0.0386 e. The average molecular weight is 182 g/mol. The van der Waals surface area contributed by atoms with Crippen LogP contribution in [0, 0.1) is 23.7 Å². The molecule has 0 aromatic rings. The first-order valence-electron chi connectivity index (χ1n) is 6.19. The zero-order valence-corrected chi connectivity index (χ0v) is 9.84. The predicted molar refractivity (Wildman–Crippen MR) is 59.7 cm³/mol. The highest BCUT2D eigenvalue weighted by Gasteiger charge is 2.30. The lowest BCUT2D eigenvalue weighted by molar-refractivity contribution is 0.123. The van der Waals surface area contributed by atoms with Gasteiger partial charge in [0, 0.05) is 0 Å². The summed E-state index contributed by atoms with van der Waals surface area (Å²) in [6.07, 6.45) is 7.21. The van der Waals surface area contributed by atoms with Gasteiger partial charge in [0.2, 0.25) is 0 Å². The Kier molecular flexibility index (Phi) is 4.28. The van der Waals surface area contributed by atoms with Gasteiger partial charge in [-0.05, 0) is 36.5 Å². The van der Waals surface area contributed by atoms with Crippen molar-refractivity contribution in [2.75, 3.05) is 0 Å². The molecule has 0 aliphatic heterocycles. The summed E-state index contributed by atoms with van der Waals surface area (Å²) in [5.74, 6) is 4.02. The molecule has 0 N–H and O–H groups in total. The van der Waals surface area contributed by atoms with Crippen molar-refractivity contribution in [3.63, 3.8) is 0 Å². The van der Waals surface area contributed by atoms with Gasteiger partial charge in [-0.1, -0.05) is 47.0 Å². The Morgan fingerprint density at radius 2 is 1.46 bits per heavy atom. The van der Waals surface area contributed by atoms with E-state index in [9.17, 15) is 0 Å². The van der Waals surface area contributed by atoms with Gasteiger partial charge in [-0.25, -0.2) is 0 Å². The summed E-state index contributed by atoms with van der Waals surface area (Å²) in [5, 5.41) is 0. The van der Waals surface area contributed by atoms with E-state index < -0.39 is 0 Å². The van der Waals surface area contributed by atoms with Gasteiger partial charge in [0.25, 0.3) is 0 Å². The minimum absolute atomic E-state index is 0.984. The maximum absolute atomic E-state index is 2.47. The van der Waals surface area contributed by atoms with Crippen LogP contribution in [-0.4, -0.2) is 0 Å². The van der Waals surface area contributed by atoms with E-state index >= 15 is 0 Å². The van der Waals surface area contributed by atoms with Crippen molar-refractivity contribution in [3.05, 3.63) is 0 Å². The van der Waals surface area contributed by atoms with Crippen LogP contribution in [0.25, 0.3) is 0 Å². The molecule has 1 aliphatic carbocycles. The molecule has 1 saturated carbocycles. The summed E-state index contributed by atoms with van der Waals surface area (Å²) >= 11 is 0. The van der Waals surface area contributed by atoms with Crippen LogP contribution in [0.1, 0.15) is 59.8 Å². The third kappa shape index (κ3) is 2.72. The highest BCUT2D eigenvalue weighted by Crippen LogP contribution is 2.40. The Morgan fingerprint density at radius 1 is 0.923 bits per heavy atom. The monoisotopic (exact) mass is 182 g/mol. The molecular formula is C13H26. The van der Waals surface area contributed by atoms with Crippen LogP contribution in [0.5, 0.6) is 0 Å². The molecule has 0 heterocycles. The van der Waals surface area contributed by atoms with Gasteiger partial charge >= 0.3 is 0 Å². The zero-order valence-electron chi connectivity index (χ0n) is 9.84. The standard InChI is InChI=1S/C13H26/c1-5-7-13-9-10(3)12(6-2)8-11(13)4/h10-13H,5-9H2,1-4H3. The van der Waals surface area contributed by atoms with E-state index in [1.54, 1.807) is 0 Å². The third-order valence-electron chi connectivity index (χ3n) is 4.14. The van der Waals surface area contributed by atoms with Gasteiger partial charge in [-0.3, -0.25) is 0 Å². The van der Waals surface area contributed by atoms with Crippen molar-refractivity contribution in [1.29, 1.82) is 0 Å². The molecule has 0 radical (unpaired) electrons. The molecule has 0 saturated heterocycles. The van der Waals surface area contributed by atoms with Crippen molar-refractivity contribution in [1.82, 2.24) is 0 Å². The van der Waals surface area contributed by atoms with E-state index in [1.807, 2.05) is 0 Å². The molecule has 0 spiro atoms. The van der Waals surface area contributed by atoms with Crippen molar-refractivity contribution >= 4 is 0 Å². The van der Waals surface area contributed by atoms with Gasteiger partial charge in [0.05, 0.1) is 0 Å². The zero-order chi connectivity index (χ0) is 9.84. The number of hydrogen-bond donors (Lipinski definition) is 0. The van der Waals surface area contributed by atoms with E-state index in [1.165, 1.54) is 32.1 Å². The predicted octanol–water partition coefficient (Wildman–Crippen LogP) is 4.49. The Bertz CT molecular complexity index is 139. The molecule has 1 fully saturated rings. The van der Waals surface area contributed by atoms with E-state index in [0.29, 0.717) is 0 Å². The molecule has 0 bridgehead atoms. The van der Waals surface area contributed by atoms with Gasteiger partial charge in [0.1, 0.15) is 0 Å². The molecule has 13 heavy (non-hydrogen) atoms. The molecule has 0 aromatic carbocycles. The van der Waals surface area contributed by atoms with Crippen molar-refractivity contribution in [3.8, 4) is 0 Å². The average Bonchev–Trinajstić information content (AvgIpc) is 2.11. The first kappa shape index (κ1) is 11.1. The van der Waals surface area contributed by atoms with Gasteiger partial charge in [0.15, 0.2) is 0 Å². The molecule has 4 atom stereocenters. The molecular weight excluding hydrogens is 156 g/mol. The number of hydrogen-bond acceptors (Lipinski definition) is 0. The Morgan fingerprint density at radius 3 is 2.00 bits per heavy atom. The summed E-state index contributed by atoms with van der Waals surface area (Å²) in [5.41, 5.74) is 0. The van der Waals surface area contributed by atoms with Gasteiger partial charge in [-0.2, -0.15) is 0 Å². The fourth-order valence-corrected chi connectivity index (χ4v) is 3.15. The lowest BCUT2D eigenvalue weighted by Crippen LogP contribution is -2.28. The molecule has 1 rings (SSSR count). The minimum atomic E-state index is 0.984. The topological polar surface area (TPSA) is 0 Å². The highest BCUT2D eigenvalue weighted by atomic mass is 14.4. The molecule has 0 nitrogen and oxygen atoms in total. The number of rotatable bonds is 3. The first-order chi connectivity index (χ1) is 6.19. The van der Waals surface area contributed by atoms with Gasteiger partial charge < -0.3 is 0 Å². The van der Waals surface area contributed by atoms with E-state index in [4.69, 9.17) is 0 Å². The van der Waals surface area contributed by atoms with Crippen LogP contribution in [0.4, 0.5) is 0 Å². The van der Waals surface area contributed by atoms with E-state index in [2.05, 4.69) is 27.7 Å². The summed E-state index contributed by atoms with van der Waals surface area (Å²) in [7, 11) is 0. The molecule has 1 aliphatic rings. The quantitative estimate of drug-likeness (QED) is 0.603. The molecule has 0 aromatic heterocycles. The van der Waals surface area contributed by atoms with Crippen LogP contribution >= 0.6 is 0 Å². The van der Waals surface area contributed by atoms with E-state index in [-0.39, 0.29) is 0 Å². The first-order valence-corrected chi connectivity index (χ1v) is 6.19. The summed E-state index contributed by atoms with van der Waals surface area (Å²) in [6, 6.07) is 0. The Labute approximate surface area is 84.1 Å². The largest absolute Gasteiger partial charge is 0.0654 e. The van der Waals surface area contributed by atoms with Crippen molar-refractivity contribution in [2.24, 2.45) is 23.7 Å². The second kappa shape index (κ2) is 5.02. The summed E-state index contributed by atoms with van der Waals surface area (Å²) in [4.78, 5) is 0. The smallest absolute Gasteiger partial charge is 0.0386 e. The summed E-state index contributed by atoms with van der Waals surface area (Å²) in [6.45, 7) is 9.61. The Balaban J connectivity index is 2.46. The fraction of sp³-hybridized carbons (Fsp3) is 1.00. The van der Waals surface area contributed by atoms with Crippen LogP contribution in [0.3, 0.4) is 0 Å². The van der Waals surface area contributed by atoms with Crippen molar-refractivity contribution in [2.45, 2.75) is 59.8 Å². The maximum atomic E-state index is 2.47. The molecule has 78 valence electrons. The van der Waals surface area contributed by atoms with Crippen LogP contribution in [0.2, 0.25) is 0 Å². The Hall–Kier alpha value is 0. The second-order valence-electron chi connectivity index (χ2n) is 5.14. The van der Waals surface area contributed by atoms with Gasteiger partial charge in [-0.15, -0.1) is 0 Å². The third-order valence-corrected chi connectivity index (χ3v) is 4.14. The SMILES string of the molecule is CCCC1CC(C)C(CC)CC1C. The minimum Gasteiger partial charge on any atom is -0.0654 e. The molecule has 0 amide bonds. The van der Waals surface area contributed by atoms with E-state index in [0.717, 1.165) is 23.7 Å². The molecule has 4 unspecified atom stereocenters. The summed E-state index contributed by atoms with van der Waals surface area (Å²) < 4.78 is 0. The van der Waals surface area contributed by atoms with Crippen molar-refractivity contribution < 1.29 is 0 Å². The van der Waals surface area contributed by atoms with Crippen LogP contribution in [-0.2, 0) is 0 Å². The normalized spacial score (nSPS) is 40.6. The second-order valence-corrected chi connectivity index (χ2v) is 5.14. The molecule has 0 heteroatoms. The van der Waals surface area contributed by atoms with Crippen LogP contribution < -0.4 is 0 Å². The fourth-order valence-electron chi connectivity index (χ4n) is 3.15. The highest BCUT2D eigenvalue weighted by molar-refractivity contribution is 4.81. The van der Waals surface area contributed by atoms with Crippen LogP contribution in [0.15, 0.2) is 0 Å². The lowest BCUT2D eigenvalue weighted by atomic mass is 9.67.